The van der Waals surface area contributed by atoms with Crippen molar-refractivity contribution in [3.63, 3.8) is 0 Å². The lowest BCUT2D eigenvalue weighted by molar-refractivity contribution is -0.154. The molecule has 108 valence electrons. The summed E-state index contributed by atoms with van der Waals surface area (Å²) in [5, 5.41) is 15.4. The predicted molar refractivity (Wildman–Crippen MR) is 68.8 cm³/mol. The third-order valence-corrected chi connectivity index (χ3v) is 4.13. The minimum Gasteiger partial charge on any atom is -0.481 e. The highest BCUT2D eigenvalue weighted by molar-refractivity contribution is 5.83. The van der Waals surface area contributed by atoms with Gasteiger partial charge in [-0.3, -0.25) is 9.59 Å². The van der Waals surface area contributed by atoms with Gasteiger partial charge in [0, 0.05) is 19.8 Å². The first-order valence-electron chi connectivity index (χ1n) is 6.96. The van der Waals surface area contributed by atoms with Crippen molar-refractivity contribution in [2.45, 2.75) is 38.1 Å². The molecule has 6 heteroatoms. The molecule has 0 bridgehead atoms. The zero-order valence-electron chi connectivity index (χ0n) is 11.1. The molecule has 0 saturated carbocycles. The molecule has 19 heavy (non-hydrogen) atoms. The van der Waals surface area contributed by atoms with Crippen molar-refractivity contribution in [1.82, 2.24) is 10.6 Å². The number of carboxylic acids is 1. The summed E-state index contributed by atoms with van der Waals surface area (Å²) < 4.78 is 5.21. The number of carbonyl (C=O) groups is 2. The molecule has 2 heterocycles. The molecule has 2 fully saturated rings. The smallest absolute Gasteiger partial charge is 0.311 e. The molecule has 0 aliphatic carbocycles. The Hall–Kier alpha value is -1.14. The van der Waals surface area contributed by atoms with Gasteiger partial charge in [0.25, 0.3) is 0 Å². The molecule has 2 aliphatic rings. The van der Waals surface area contributed by atoms with Gasteiger partial charge in [-0.15, -0.1) is 0 Å². The molecule has 0 radical (unpaired) electrons. The largest absolute Gasteiger partial charge is 0.481 e. The highest BCUT2D eigenvalue weighted by Gasteiger charge is 2.40. The number of amides is 1. The Balaban J connectivity index is 1.87. The molecule has 0 spiro atoms. The van der Waals surface area contributed by atoms with Gasteiger partial charge in [-0.2, -0.15) is 0 Å². The number of hydrogen-bond acceptors (Lipinski definition) is 4. The summed E-state index contributed by atoms with van der Waals surface area (Å²) in [6.07, 6.45) is 3.89. The van der Waals surface area contributed by atoms with Gasteiger partial charge in [0.15, 0.2) is 0 Å². The summed E-state index contributed by atoms with van der Waals surface area (Å²) in [4.78, 5) is 23.5. The molecular weight excluding hydrogens is 248 g/mol. The Labute approximate surface area is 112 Å². The fourth-order valence-corrected chi connectivity index (χ4v) is 2.68. The molecule has 2 aliphatic heterocycles. The minimum atomic E-state index is -0.859. The zero-order chi connectivity index (χ0) is 13.7. The number of ether oxygens (including phenoxy) is 1. The van der Waals surface area contributed by atoms with E-state index < -0.39 is 11.4 Å². The maximum absolute atomic E-state index is 12.0. The number of carbonyl (C=O) groups excluding carboxylic acids is 1. The van der Waals surface area contributed by atoms with Crippen molar-refractivity contribution in [3.8, 4) is 0 Å². The lowest BCUT2D eigenvalue weighted by Gasteiger charge is -2.34. The van der Waals surface area contributed by atoms with E-state index in [1.54, 1.807) is 0 Å². The number of piperidine rings is 1. The second kappa shape index (κ2) is 6.34. The van der Waals surface area contributed by atoms with Crippen LogP contribution < -0.4 is 10.6 Å². The molecule has 0 aromatic heterocycles. The first-order valence-corrected chi connectivity index (χ1v) is 6.96. The van der Waals surface area contributed by atoms with Crippen LogP contribution in [0.25, 0.3) is 0 Å². The fourth-order valence-electron chi connectivity index (χ4n) is 2.68. The molecule has 2 rings (SSSR count). The van der Waals surface area contributed by atoms with Gasteiger partial charge in [0.05, 0.1) is 11.5 Å². The van der Waals surface area contributed by atoms with Gasteiger partial charge in [-0.1, -0.05) is 6.42 Å². The van der Waals surface area contributed by atoms with Gasteiger partial charge in [0.1, 0.15) is 0 Å². The van der Waals surface area contributed by atoms with Crippen molar-refractivity contribution in [2.75, 3.05) is 26.3 Å². The van der Waals surface area contributed by atoms with Gasteiger partial charge in [0.2, 0.25) is 5.91 Å². The van der Waals surface area contributed by atoms with Crippen LogP contribution in [0.3, 0.4) is 0 Å². The number of nitrogens with one attached hydrogen (secondary N) is 2. The van der Waals surface area contributed by atoms with E-state index >= 15 is 0 Å². The maximum atomic E-state index is 12.0. The topological polar surface area (TPSA) is 87.7 Å². The number of aliphatic carboxylic acids is 1. The fraction of sp³-hybridized carbons (Fsp3) is 0.846. The van der Waals surface area contributed by atoms with E-state index in [0.29, 0.717) is 26.1 Å². The predicted octanol–water partition coefficient (Wildman–Crippen LogP) is 0.126. The van der Waals surface area contributed by atoms with Gasteiger partial charge in [-0.25, -0.2) is 0 Å². The van der Waals surface area contributed by atoms with E-state index in [1.165, 1.54) is 0 Å². The molecule has 6 nitrogen and oxygen atoms in total. The first kappa shape index (κ1) is 14.3. The van der Waals surface area contributed by atoms with Crippen LogP contribution in [0, 0.1) is 5.41 Å². The van der Waals surface area contributed by atoms with Crippen LogP contribution >= 0.6 is 0 Å². The summed E-state index contributed by atoms with van der Waals surface area (Å²) in [6.45, 7) is 1.95. The standard InChI is InChI=1S/C13H22N2O4/c16-11(10-3-1-2-6-14-10)15-9-13(12(17)18)4-7-19-8-5-13/h10,14H,1-9H2,(H,15,16)(H,17,18)/t10-/m0/s1. The van der Waals surface area contributed by atoms with Crippen molar-refractivity contribution < 1.29 is 19.4 Å². The second-order valence-corrected chi connectivity index (χ2v) is 5.42. The molecule has 1 amide bonds. The van der Waals surface area contributed by atoms with Crippen LogP contribution in [0.2, 0.25) is 0 Å². The molecule has 1 atom stereocenters. The van der Waals surface area contributed by atoms with Gasteiger partial charge in [-0.05, 0) is 32.2 Å². The summed E-state index contributed by atoms with van der Waals surface area (Å²) in [6, 6.07) is -0.167. The van der Waals surface area contributed by atoms with E-state index in [4.69, 9.17) is 4.74 Å². The average molecular weight is 270 g/mol. The molecular formula is C13H22N2O4. The third-order valence-electron chi connectivity index (χ3n) is 4.13. The number of hydrogen-bond donors (Lipinski definition) is 3. The van der Waals surface area contributed by atoms with E-state index in [0.717, 1.165) is 25.8 Å². The molecule has 2 saturated heterocycles. The molecule has 0 aromatic carbocycles. The molecule has 0 unspecified atom stereocenters. The summed E-state index contributed by atoms with van der Waals surface area (Å²) >= 11 is 0. The Morgan fingerprint density at radius 1 is 1.32 bits per heavy atom. The molecule has 3 N–H and O–H groups in total. The summed E-state index contributed by atoms with van der Waals surface area (Å²) in [7, 11) is 0. The SMILES string of the molecule is O=C(NCC1(C(=O)O)CCOCC1)[C@@H]1CCCCN1. The number of carboxylic acid groups (broad SMARTS) is 1. The van der Waals surface area contributed by atoms with Crippen LogP contribution in [0.4, 0.5) is 0 Å². The summed E-state index contributed by atoms with van der Waals surface area (Å²) in [5.74, 6) is -0.917. The van der Waals surface area contributed by atoms with Gasteiger partial charge < -0.3 is 20.5 Å². The Bertz CT molecular complexity index is 334. The van der Waals surface area contributed by atoms with Crippen LogP contribution in [0.15, 0.2) is 0 Å². The monoisotopic (exact) mass is 270 g/mol. The highest BCUT2D eigenvalue weighted by atomic mass is 16.5. The quantitative estimate of drug-likeness (QED) is 0.675. The normalized spacial score (nSPS) is 26.6. The Kier molecular flexibility index (Phi) is 4.76. The van der Waals surface area contributed by atoms with E-state index in [-0.39, 0.29) is 18.5 Å². The zero-order valence-corrected chi connectivity index (χ0v) is 11.1. The van der Waals surface area contributed by atoms with Crippen molar-refractivity contribution in [2.24, 2.45) is 5.41 Å². The van der Waals surface area contributed by atoms with E-state index in [9.17, 15) is 14.7 Å². The van der Waals surface area contributed by atoms with Crippen LogP contribution in [-0.2, 0) is 14.3 Å². The lowest BCUT2D eigenvalue weighted by atomic mass is 9.80. The van der Waals surface area contributed by atoms with Crippen molar-refractivity contribution in [3.05, 3.63) is 0 Å². The second-order valence-electron chi connectivity index (χ2n) is 5.42. The highest BCUT2D eigenvalue weighted by Crippen LogP contribution is 2.30. The maximum Gasteiger partial charge on any atom is 0.311 e. The van der Waals surface area contributed by atoms with Crippen LogP contribution in [0.1, 0.15) is 32.1 Å². The lowest BCUT2D eigenvalue weighted by Crippen LogP contribution is -2.52. The van der Waals surface area contributed by atoms with E-state index in [1.807, 2.05) is 0 Å². The third kappa shape index (κ3) is 3.45. The van der Waals surface area contributed by atoms with Crippen LogP contribution in [-0.4, -0.2) is 49.3 Å². The minimum absolute atomic E-state index is 0.0770. The Morgan fingerprint density at radius 3 is 2.63 bits per heavy atom. The van der Waals surface area contributed by atoms with Gasteiger partial charge >= 0.3 is 5.97 Å². The summed E-state index contributed by atoms with van der Waals surface area (Å²) in [5.41, 5.74) is -0.859. The Morgan fingerprint density at radius 2 is 2.05 bits per heavy atom. The average Bonchev–Trinajstić information content (AvgIpc) is 2.46. The van der Waals surface area contributed by atoms with E-state index in [2.05, 4.69) is 10.6 Å². The van der Waals surface area contributed by atoms with Crippen molar-refractivity contribution >= 4 is 11.9 Å². The van der Waals surface area contributed by atoms with Crippen LogP contribution in [0.5, 0.6) is 0 Å². The molecule has 0 aromatic rings. The first-order chi connectivity index (χ1) is 9.14. The number of rotatable bonds is 4. The van der Waals surface area contributed by atoms with Crippen molar-refractivity contribution in [1.29, 1.82) is 0 Å².